The van der Waals surface area contributed by atoms with E-state index >= 15 is 0 Å². The van der Waals surface area contributed by atoms with Crippen LogP contribution in [0, 0.1) is 0 Å². The lowest BCUT2D eigenvalue weighted by Crippen LogP contribution is -2.40. The highest BCUT2D eigenvalue weighted by molar-refractivity contribution is 6.30. The monoisotopic (exact) mass is 313 g/mol. The molecule has 1 N–H and O–H groups in total. The number of amides is 1. The average Bonchev–Trinajstić information content (AvgIpc) is 2.38. The second-order valence-electron chi connectivity index (χ2n) is 4.68. The van der Waals surface area contributed by atoms with E-state index in [1.54, 1.807) is 36.1 Å². The third-order valence-electron chi connectivity index (χ3n) is 3.04. The highest BCUT2D eigenvalue weighted by Gasteiger charge is 2.20. The van der Waals surface area contributed by atoms with Crippen LogP contribution in [0.15, 0.2) is 24.3 Å². The first-order chi connectivity index (χ1) is 9.93. The van der Waals surface area contributed by atoms with Crippen molar-refractivity contribution in [1.82, 2.24) is 4.90 Å². The van der Waals surface area contributed by atoms with Gasteiger partial charge in [-0.15, -0.1) is 0 Å². The summed E-state index contributed by atoms with van der Waals surface area (Å²) in [5.74, 6) is -0.422. The molecule has 0 spiro atoms. The van der Waals surface area contributed by atoms with E-state index in [9.17, 15) is 9.59 Å². The van der Waals surface area contributed by atoms with Crippen LogP contribution >= 0.6 is 11.6 Å². The lowest BCUT2D eigenvalue weighted by molar-refractivity contribution is -0.140. The van der Waals surface area contributed by atoms with E-state index in [0.717, 1.165) is 0 Å². The number of hydrogen-bond acceptors (Lipinski definition) is 3. The number of aliphatic carboxylic acids is 1. The fourth-order valence-corrected chi connectivity index (χ4v) is 2.23. The van der Waals surface area contributed by atoms with Crippen molar-refractivity contribution >= 4 is 23.5 Å². The van der Waals surface area contributed by atoms with Crippen LogP contribution in [0.5, 0.6) is 5.75 Å². The quantitative estimate of drug-likeness (QED) is 0.801. The molecule has 5 nitrogen and oxygen atoms in total. The van der Waals surface area contributed by atoms with Gasteiger partial charge in [0.2, 0.25) is 5.91 Å². The second-order valence-corrected chi connectivity index (χ2v) is 5.12. The molecule has 6 heteroatoms. The lowest BCUT2D eigenvalue weighted by Gasteiger charge is -2.27. The first-order valence-corrected chi connectivity index (χ1v) is 7.21. The molecule has 1 unspecified atom stereocenters. The molecule has 1 amide bonds. The van der Waals surface area contributed by atoms with Gasteiger partial charge in [-0.25, -0.2) is 0 Å². The molecule has 1 aromatic rings. The van der Waals surface area contributed by atoms with Gasteiger partial charge in [0.05, 0.1) is 19.4 Å². The number of carbonyl (C=O) groups is 2. The molecule has 21 heavy (non-hydrogen) atoms. The van der Waals surface area contributed by atoms with E-state index in [2.05, 4.69) is 0 Å². The molecule has 0 aliphatic rings. The topological polar surface area (TPSA) is 66.8 Å². The predicted octanol–water partition coefficient (Wildman–Crippen LogP) is 2.82. The van der Waals surface area contributed by atoms with Crippen molar-refractivity contribution in [3.63, 3.8) is 0 Å². The Labute approximate surface area is 129 Å². The second kappa shape index (κ2) is 8.52. The number of carbonyl (C=O) groups excluding carboxylic acids is 1. The van der Waals surface area contributed by atoms with Crippen molar-refractivity contribution in [2.45, 2.75) is 32.7 Å². The minimum absolute atomic E-state index is 0.0608. The van der Waals surface area contributed by atoms with Crippen LogP contribution in [0.2, 0.25) is 5.02 Å². The minimum atomic E-state index is -0.913. The van der Waals surface area contributed by atoms with Crippen molar-refractivity contribution in [3.05, 3.63) is 29.3 Å². The largest absolute Gasteiger partial charge is 0.493 e. The Morgan fingerprint density at radius 3 is 2.71 bits per heavy atom. The Hall–Kier alpha value is -1.75. The highest BCUT2D eigenvalue weighted by atomic mass is 35.5. The molecule has 1 atom stereocenters. The zero-order valence-electron chi connectivity index (χ0n) is 12.2. The van der Waals surface area contributed by atoms with Crippen molar-refractivity contribution < 1.29 is 19.4 Å². The van der Waals surface area contributed by atoms with Gasteiger partial charge >= 0.3 is 5.97 Å². The highest BCUT2D eigenvalue weighted by Crippen LogP contribution is 2.17. The summed E-state index contributed by atoms with van der Waals surface area (Å²) in [6.45, 7) is 4.27. The summed E-state index contributed by atoms with van der Waals surface area (Å²) in [5.41, 5.74) is 0. The van der Waals surface area contributed by atoms with Crippen LogP contribution in [0.4, 0.5) is 0 Å². The van der Waals surface area contributed by atoms with E-state index in [-0.39, 0.29) is 31.4 Å². The number of carboxylic acids is 1. The molecule has 0 heterocycles. The maximum absolute atomic E-state index is 12.1. The number of rotatable bonds is 8. The van der Waals surface area contributed by atoms with Crippen molar-refractivity contribution in [3.8, 4) is 5.75 Å². The number of nitrogens with zero attached hydrogens (tertiary/aromatic N) is 1. The van der Waals surface area contributed by atoms with Crippen LogP contribution in [0.25, 0.3) is 0 Å². The molecule has 0 aliphatic heterocycles. The molecular formula is C15H20ClNO4. The van der Waals surface area contributed by atoms with Gasteiger partial charge in [0, 0.05) is 17.6 Å². The minimum Gasteiger partial charge on any atom is -0.493 e. The maximum atomic E-state index is 12.1. The Kier molecular flexibility index (Phi) is 7.02. The van der Waals surface area contributed by atoms with E-state index in [1.165, 1.54) is 0 Å². The summed E-state index contributed by atoms with van der Waals surface area (Å²) in [5, 5.41) is 9.36. The van der Waals surface area contributed by atoms with Gasteiger partial charge in [-0.3, -0.25) is 9.59 Å². The van der Waals surface area contributed by atoms with Crippen molar-refractivity contribution in [2.75, 3.05) is 13.2 Å². The summed E-state index contributed by atoms with van der Waals surface area (Å²) >= 11 is 5.84. The van der Waals surface area contributed by atoms with E-state index in [4.69, 9.17) is 21.4 Å². The smallest absolute Gasteiger partial charge is 0.305 e. The molecule has 116 valence electrons. The third-order valence-corrected chi connectivity index (χ3v) is 3.28. The van der Waals surface area contributed by atoms with E-state index < -0.39 is 5.97 Å². The molecule has 0 bridgehead atoms. The standard InChI is InChI=1S/C15H20ClNO4/c1-3-17(11(2)9-15(19)20)14(18)7-8-21-13-6-4-5-12(16)10-13/h4-6,10-11H,3,7-9H2,1-2H3,(H,19,20). The number of benzene rings is 1. The van der Waals surface area contributed by atoms with Gasteiger partial charge < -0.3 is 14.7 Å². The molecule has 0 aliphatic carbocycles. The van der Waals surface area contributed by atoms with Crippen LogP contribution in [0.1, 0.15) is 26.7 Å². The van der Waals surface area contributed by atoms with Gasteiger partial charge in [0.15, 0.2) is 0 Å². The summed E-state index contributed by atoms with van der Waals surface area (Å²) in [4.78, 5) is 24.3. The first-order valence-electron chi connectivity index (χ1n) is 6.83. The fourth-order valence-electron chi connectivity index (χ4n) is 2.05. The summed E-state index contributed by atoms with van der Waals surface area (Å²) in [6, 6.07) is 6.63. The summed E-state index contributed by atoms with van der Waals surface area (Å²) < 4.78 is 5.46. The van der Waals surface area contributed by atoms with Gasteiger partial charge in [-0.2, -0.15) is 0 Å². The Bertz CT molecular complexity index is 492. The zero-order chi connectivity index (χ0) is 15.8. The zero-order valence-corrected chi connectivity index (χ0v) is 13.0. The van der Waals surface area contributed by atoms with Gasteiger partial charge in [-0.05, 0) is 32.0 Å². The van der Waals surface area contributed by atoms with E-state index in [0.29, 0.717) is 17.3 Å². The Morgan fingerprint density at radius 1 is 1.43 bits per heavy atom. The van der Waals surface area contributed by atoms with Gasteiger partial charge in [-0.1, -0.05) is 17.7 Å². The summed E-state index contributed by atoms with van der Waals surface area (Å²) in [6.07, 6.45) is 0.138. The molecule has 0 fully saturated rings. The average molecular weight is 314 g/mol. The number of hydrogen-bond donors (Lipinski definition) is 1. The molecule has 1 aromatic carbocycles. The lowest BCUT2D eigenvalue weighted by atomic mass is 10.2. The van der Waals surface area contributed by atoms with Gasteiger partial charge in [0.25, 0.3) is 0 Å². The van der Waals surface area contributed by atoms with Crippen LogP contribution in [-0.2, 0) is 9.59 Å². The van der Waals surface area contributed by atoms with E-state index in [1.807, 2.05) is 6.92 Å². The van der Waals surface area contributed by atoms with Crippen LogP contribution in [0.3, 0.4) is 0 Å². The predicted molar refractivity (Wildman–Crippen MR) is 80.7 cm³/mol. The number of ether oxygens (including phenoxy) is 1. The first kappa shape index (κ1) is 17.3. The molecule has 0 radical (unpaired) electrons. The molecule has 0 aromatic heterocycles. The van der Waals surface area contributed by atoms with Crippen molar-refractivity contribution in [2.24, 2.45) is 0 Å². The Morgan fingerprint density at radius 2 is 2.14 bits per heavy atom. The van der Waals surface area contributed by atoms with Crippen molar-refractivity contribution in [1.29, 1.82) is 0 Å². The molecule has 0 saturated heterocycles. The molecular weight excluding hydrogens is 294 g/mol. The third kappa shape index (κ3) is 6.04. The normalized spacial score (nSPS) is 11.8. The summed E-state index contributed by atoms with van der Waals surface area (Å²) in [7, 11) is 0. The molecule has 1 rings (SSSR count). The van der Waals surface area contributed by atoms with Crippen LogP contribution in [-0.4, -0.2) is 41.1 Å². The Balaban J connectivity index is 2.45. The maximum Gasteiger partial charge on any atom is 0.305 e. The SMILES string of the molecule is CCN(C(=O)CCOc1cccc(Cl)c1)C(C)CC(=O)O. The van der Waals surface area contributed by atoms with Gasteiger partial charge in [0.1, 0.15) is 5.75 Å². The molecule has 0 saturated carbocycles. The number of carboxylic acid groups (broad SMARTS) is 1. The fraction of sp³-hybridized carbons (Fsp3) is 0.467. The number of halogens is 1. The van der Waals surface area contributed by atoms with Crippen LogP contribution < -0.4 is 4.74 Å².